The molecule has 29 heavy (non-hydrogen) atoms. The summed E-state index contributed by atoms with van der Waals surface area (Å²) in [5, 5.41) is 0. The van der Waals surface area contributed by atoms with Gasteiger partial charge in [-0.2, -0.15) is 0 Å². The van der Waals surface area contributed by atoms with Crippen molar-refractivity contribution in [1.82, 2.24) is 4.90 Å². The molecule has 6 nitrogen and oxygen atoms in total. The molecule has 0 aromatic carbocycles. The number of ether oxygens (including phenoxy) is 1. The summed E-state index contributed by atoms with van der Waals surface area (Å²) in [4.78, 5) is 43.8. The van der Waals surface area contributed by atoms with Gasteiger partial charge in [0.05, 0.1) is 12.8 Å². The second kappa shape index (κ2) is 8.86. The number of rotatable bonds is 5. The lowest BCUT2D eigenvalue weighted by Crippen LogP contribution is -2.48. The van der Waals surface area contributed by atoms with Gasteiger partial charge in [-0.15, -0.1) is 11.3 Å². The molecule has 1 aromatic heterocycles. The third-order valence-corrected chi connectivity index (χ3v) is 7.65. The van der Waals surface area contributed by atoms with Crippen molar-refractivity contribution in [2.45, 2.75) is 64.8 Å². The van der Waals surface area contributed by atoms with E-state index in [0.29, 0.717) is 29.4 Å². The Morgan fingerprint density at radius 3 is 2.38 bits per heavy atom. The third kappa shape index (κ3) is 4.34. The number of amides is 2. The van der Waals surface area contributed by atoms with Crippen LogP contribution in [-0.4, -0.2) is 49.4 Å². The predicted molar refractivity (Wildman–Crippen MR) is 114 cm³/mol. The summed E-state index contributed by atoms with van der Waals surface area (Å²) in [5.74, 6) is 0.209. The van der Waals surface area contributed by atoms with E-state index >= 15 is 0 Å². The molecule has 7 heteroatoms. The number of nitrogens with zero attached hydrogens (tertiary/aromatic N) is 2. The fourth-order valence-corrected chi connectivity index (χ4v) is 5.36. The van der Waals surface area contributed by atoms with E-state index < -0.39 is 12.0 Å². The first-order valence-electron chi connectivity index (χ1n) is 10.5. The molecule has 1 aliphatic carbocycles. The molecule has 3 rings (SSSR count). The van der Waals surface area contributed by atoms with Gasteiger partial charge in [-0.05, 0) is 50.0 Å². The Labute approximate surface area is 177 Å². The summed E-state index contributed by atoms with van der Waals surface area (Å²) >= 11 is 1.36. The van der Waals surface area contributed by atoms with Crippen molar-refractivity contribution in [3.63, 3.8) is 0 Å². The van der Waals surface area contributed by atoms with E-state index in [-0.39, 0.29) is 23.7 Å². The maximum absolute atomic E-state index is 13.7. The summed E-state index contributed by atoms with van der Waals surface area (Å²) in [6.07, 6.45) is 4.29. The zero-order chi connectivity index (χ0) is 21.3. The van der Waals surface area contributed by atoms with Gasteiger partial charge in [0.25, 0.3) is 0 Å². The maximum atomic E-state index is 13.7. The Morgan fingerprint density at radius 1 is 1.21 bits per heavy atom. The number of likely N-dealkylation sites (tertiary alicyclic amines) is 1. The van der Waals surface area contributed by atoms with Crippen molar-refractivity contribution in [3.8, 4) is 0 Å². The second-order valence-electron chi connectivity index (χ2n) is 8.74. The molecule has 160 valence electrons. The van der Waals surface area contributed by atoms with E-state index in [4.69, 9.17) is 4.74 Å². The Balaban J connectivity index is 2.05. The average Bonchev–Trinajstić information content (AvgIpc) is 3.28. The molecular weight excluding hydrogens is 388 g/mol. The van der Waals surface area contributed by atoms with Crippen molar-refractivity contribution in [2.24, 2.45) is 11.8 Å². The molecular formula is C22H32N2O4S. The van der Waals surface area contributed by atoms with Crippen LogP contribution in [-0.2, 0) is 14.3 Å². The lowest BCUT2D eigenvalue weighted by atomic mass is 9.82. The summed E-state index contributed by atoms with van der Waals surface area (Å²) in [5.41, 5.74) is 0.544. The molecule has 1 atom stereocenters. The van der Waals surface area contributed by atoms with Crippen molar-refractivity contribution >= 4 is 34.8 Å². The zero-order valence-electron chi connectivity index (χ0n) is 18.1. The van der Waals surface area contributed by atoms with Gasteiger partial charge in [0.1, 0.15) is 10.9 Å². The summed E-state index contributed by atoms with van der Waals surface area (Å²) in [6, 6.07) is 1.36. The van der Waals surface area contributed by atoms with E-state index in [1.165, 1.54) is 18.4 Å². The molecule has 1 aromatic rings. The Hall–Kier alpha value is -1.89. The molecule has 2 aliphatic rings. The van der Waals surface area contributed by atoms with Crippen LogP contribution >= 0.6 is 11.3 Å². The monoisotopic (exact) mass is 420 g/mol. The van der Waals surface area contributed by atoms with Crippen LogP contribution in [0.4, 0.5) is 5.69 Å². The number of likely N-dealkylation sites (N-methyl/N-ethyl adjacent to an activating group) is 1. The van der Waals surface area contributed by atoms with Crippen molar-refractivity contribution in [2.75, 3.05) is 25.6 Å². The SMILES string of the molecule is COC(=O)c1sc(C(C)C)cc1N(C(=O)C1CCC(C)CC1)[C@H]1CCN(C)C1=O. The number of methoxy groups -OCH3 is 1. The molecule has 0 bridgehead atoms. The molecule has 1 aliphatic heterocycles. The number of anilines is 1. The number of esters is 1. The van der Waals surface area contributed by atoms with Crippen LogP contribution in [0.1, 0.15) is 73.3 Å². The Kier molecular flexibility index (Phi) is 6.66. The second-order valence-corrected chi connectivity index (χ2v) is 9.82. The van der Waals surface area contributed by atoms with Crippen LogP contribution in [0.2, 0.25) is 0 Å². The van der Waals surface area contributed by atoms with E-state index in [9.17, 15) is 14.4 Å². The molecule has 1 saturated carbocycles. The highest BCUT2D eigenvalue weighted by Crippen LogP contribution is 2.39. The summed E-state index contributed by atoms with van der Waals surface area (Å²) < 4.78 is 5.01. The molecule has 0 N–H and O–H groups in total. The summed E-state index contributed by atoms with van der Waals surface area (Å²) in [6.45, 7) is 6.94. The highest BCUT2D eigenvalue weighted by molar-refractivity contribution is 7.14. The van der Waals surface area contributed by atoms with Crippen LogP contribution in [0.25, 0.3) is 0 Å². The maximum Gasteiger partial charge on any atom is 0.350 e. The van der Waals surface area contributed by atoms with Crippen LogP contribution in [0.5, 0.6) is 0 Å². The molecule has 2 amide bonds. The van der Waals surface area contributed by atoms with E-state index in [1.54, 1.807) is 16.8 Å². The van der Waals surface area contributed by atoms with Crippen LogP contribution in [0.3, 0.4) is 0 Å². The quantitative estimate of drug-likeness (QED) is 0.674. The van der Waals surface area contributed by atoms with Gasteiger partial charge < -0.3 is 9.64 Å². The Morgan fingerprint density at radius 2 is 1.86 bits per heavy atom. The van der Waals surface area contributed by atoms with Gasteiger partial charge in [-0.25, -0.2) is 4.79 Å². The van der Waals surface area contributed by atoms with E-state index in [2.05, 4.69) is 20.8 Å². The fraction of sp³-hybridized carbons (Fsp3) is 0.682. The zero-order valence-corrected chi connectivity index (χ0v) is 18.9. The summed E-state index contributed by atoms with van der Waals surface area (Å²) in [7, 11) is 3.12. The third-order valence-electron chi connectivity index (χ3n) is 6.24. The largest absolute Gasteiger partial charge is 0.465 e. The van der Waals surface area contributed by atoms with E-state index in [0.717, 1.165) is 30.6 Å². The average molecular weight is 421 g/mol. The molecule has 0 spiro atoms. The normalized spacial score (nSPS) is 24.8. The van der Waals surface area contributed by atoms with Gasteiger partial charge in [-0.3, -0.25) is 14.5 Å². The fourth-order valence-electron chi connectivity index (χ4n) is 4.29. The van der Waals surface area contributed by atoms with Crippen molar-refractivity contribution in [1.29, 1.82) is 0 Å². The van der Waals surface area contributed by atoms with Crippen LogP contribution < -0.4 is 4.90 Å². The van der Waals surface area contributed by atoms with Gasteiger partial charge >= 0.3 is 5.97 Å². The topological polar surface area (TPSA) is 66.9 Å². The lowest BCUT2D eigenvalue weighted by molar-refractivity contribution is -0.131. The van der Waals surface area contributed by atoms with Crippen LogP contribution in [0, 0.1) is 11.8 Å². The van der Waals surface area contributed by atoms with Crippen molar-refractivity contribution in [3.05, 3.63) is 15.8 Å². The standard InChI is InChI=1S/C22H32N2O4S/c1-13(2)18-12-17(19(29-18)22(27)28-5)24(16-10-11-23(4)21(16)26)20(25)15-8-6-14(3)7-9-15/h12-16H,6-11H2,1-5H3/t14?,15?,16-/m0/s1. The first-order chi connectivity index (χ1) is 13.7. The minimum Gasteiger partial charge on any atom is -0.465 e. The highest BCUT2D eigenvalue weighted by Gasteiger charge is 2.42. The van der Waals surface area contributed by atoms with Crippen LogP contribution in [0.15, 0.2) is 6.07 Å². The number of carbonyl (C=O) groups is 3. The predicted octanol–water partition coefficient (Wildman–Crippen LogP) is 4.05. The van der Waals surface area contributed by atoms with Gasteiger partial charge in [0.15, 0.2) is 0 Å². The molecule has 2 fully saturated rings. The van der Waals surface area contributed by atoms with E-state index in [1.807, 2.05) is 6.07 Å². The number of hydrogen-bond acceptors (Lipinski definition) is 5. The first-order valence-corrected chi connectivity index (χ1v) is 11.4. The molecule has 2 heterocycles. The minimum atomic E-state index is -0.551. The molecule has 0 radical (unpaired) electrons. The smallest absolute Gasteiger partial charge is 0.350 e. The van der Waals surface area contributed by atoms with Gasteiger partial charge in [0.2, 0.25) is 11.8 Å². The van der Waals surface area contributed by atoms with Gasteiger partial charge in [0, 0.05) is 24.4 Å². The van der Waals surface area contributed by atoms with Crippen molar-refractivity contribution < 1.29 is 19.1 Å². The minimum absolute atomic E-state index is 0.0243. The number of carbonyl (C=O) groups excluding carboxylic acids is 3. The van der Waals surface area contributed by atoms with Gasteiger partial charge in [-0.1, -0.05) is 20.8 Å². The highest BCUT2D eigenvalue weighted by atomic mass is 32.1. The number of thiophene rings is 1. The number of hydrogen-bond donors (Lipinski definition) is 0. The first kappa shape index (κ1) is 21.8. The molecule has 0 unspecified atom stereocenters. The Bertz CT molecular complexity index is 780. The molecule has 1 saturated heterocycles. The lowest BCUT2D eigenvalue weighted by Gasteiger charge is -2.34.